The maximum absolute atomic E-state index is 12.5. The Morgan fingerprint density at radius 1 is 1.12 bits per heavy atom. The van der Waals surface area contributed by atoms with Gasteiger partial charge in [0, 0.05) is 35.3 Å². The summed E-state index contributed by atoms with van der Waals surface area (Å²) in [4.78, 5) is 15.6. The highest BCUT2D eigenvalue weighted by Crippen LogP contribution is 2.22. The molecule has 0 radical (unpaired) electrons. The minimum atomic E-state index is 0. The second kappa shape index (κ2) is 9.11. The minimum Gasteiger partial charge on any atom is -0.337 e. The van der Waals surface area contributed by atoms with E-state index in [2.05, 4.69) is 12.1 Å². The first kappa shape index (κ1) is 18.8. The summed E-state index contributed by atoms with van der Waals surface area (Å²) in [5.41, 5.74) is 7.95. The molecule has 24 heavy (non-hydrogen) atoms. The molecular formula is C19H23ClN2OS. The highest BCUT2D eigenvalue weighted by atomic mass is 35.5. The second-order valence-electron chi connectivity index (χ2n) is 5.95. The predicted molar refractivity (Wildman–Crippen MR) is 103 cm³/mol. The zero-order valence-corrected chi connectivity index (χ0v) is 15.2. The van der Waals surface area contributed by atoms with E-state index in [4.69, 9.17) is 5.73 Å². The van der Waals surface area contributed by atoms with E-state index in [0.717, 1.165) is 30.7 Å². The summed E-state index contributed by atoms with van der Waals surface area (Å²) in [7, 11) is 0. The van der Waals surface area contributed by atoms with E-state index in [1.807, 2.05) is 47.4 Å². The Labute approximate surface area is 154 Å². The van der Waals surface area contributed by atoms with Gasteiger partial charge in [-0.2, -0.15) is 0 Å². The molecule has 1 fully saturated rings. The van der Waals surface area contributed by atoms with E-state index in [9.17, 15) is 4.79 Å². The molecule has 1 amide bonds. The van der Waals surface area contributed by atoms with E-state index < -0.39 is 0 Å². The van der Waals surface area contributed by atoms with E-state index in [-0.39, 0.29) is 24.4 Å². The van der Waals surface area contributed by atoms with Gasteiger partial charge in [-0.3, -0.25) is 4.79 Å². The molecule has 2 aromatic rings. The van der Waals surface area contributed by atoms with E-state index >= 15 is 0 Å². The third-order valence-electron chi connectivity index (χ3n) is 4.09. The van der Waals surface area contributed by atoms with Crippen molar-refractivity contribution >= 4 is 30.1 Å². The Morgan fingerprint density at radius 3 is 2.50 bits per heavy atom. The van der Waals surface area contributed by atoms with Crippen LogP contribution >= 0.6 is 24.2 Å². The first-order chi connectivity index (χ1) is 11.2. The summed E-state index contributed by atoms with van der Waals surface area (Å²) >= 11 is 1.80. The Kier molecular flexibility index (Phi) is 7.16. The van der Waals surface area contributed by atoms with Gasteiger partial charge >= 0.3 is 0 Å². The van der Waals surface area contributed by atoms with Crippen molar-refractivity contribution in [3.63, 3.8) is 0 Å². The molecule has 3 nitrogen and oxygen atoms in total. The molecule has 0 saturated carbocycles. The van der Waals surface area contributed by atoms with E-state index in [1.54, 1.807) is 11.8 Å². The number of hydrogen-bond acceptors (Lipinski definition) is 3. The highest BCUT2D eigenvalue weighted by Gasteiger charge is 2.22. The van der Waals surface area contributed by atoms with Gasteiger partial charge in [-0.05, 0) is 42.7 Å². The lowest BCUT2D eigenvalue weighted by atomic mass is 10.0. The van der Waals surface area contributed by atoms with Gasteiger partial charge in [0.2, 0.25) is 0 Å². The molecule has 1 atom stereocenters. The maximum Gasteiger partial charge on any atom is 0.253 e. The SMILES string of the molecule is Cl.NC1CCCN(C(=O)c2ccc(CSc3ccccc3)cc2)C1. The molecule has 1 heterocycles. The topological polar surface area (TPSA) is 46.3 Å². The number of nitrogens with two attached hydrogens (primary N) is 1. The fourth-order valence-corrected chi connectivity index (χ4v) is 3.68. The summed E-state index contributed by atoms with van der Waals surface area (Å²) < 4.78 is 0. The van der Waals surface area contributed by atoms with E-state index in [0.29, 0.717) is 6.54 Å². The summed E-state index contributed by atoms with van der Waals surface area (Å²) in [5, 5.41) is 0. The monoisotopic (exact) mass is 362 g/mol. The van der Waals surface area contributed by atoms with Crippen LogP contribution in [0.2, 0.25) is 0 Å². The molecule has 3 rings (SSSR count). The quantitative estimate of drug-likeness (QED) is 0.837. The molecule has 128 valence electrons. The van der Waals surface area contributed by atoms with Crippen molar-refractivity contribution in [3.05, 3.63) is 65.7 Å². The third-order valence-corrected chi connectivity index (χ3v) is 5.18. The Bertz CT molecular complexity index is 648. The number of benzene rings is 2. The van der Waals surface area contributed by atoms with Gasteiger partial charge in [0.05, 0.1) is 0 Å². The first-order valence-corrected chi connectivity index (χ1v) is 9.02. The van der Waals surface area contributed by atoms with Crippen LogP contribution in [0.5, 0.6) is 0 Å². The Morgan fingerprint density at radius 2 is 1.83 bits per heavy atom. The van der Waals surface area contributed by atoms with Crippen molar-refractivity contribution in [3.8, 4) is 0 Å². The molecule has 0 aromatic heterocycles. The van der Waals surface area contributed by atoms with Crippen LogP contribution in [0.15, 0.2) is 59.5 Å². The zero-order chi connectivity index (χ0) is 16.1. The molecule has 1 aliphatic rings. The molecule has 0 aliphatic carbocycles. The number of halogens is 1. The number of rotatable bonds is 4. The number of piperidine rings is 1. The van der Waals surface area contributed by atoms with Crippen LogP contribution in [0.1, 0.15) is 28.8 Å². The number of carbonyl (C=O) groups excluding carboxylic acids is 1. The number of thioether (sulfide) groups is 1. The van der Waals surface area contributed by atoms with Crippen LogP contribution in [0, 0.1) is 0 Å². The smallest absolute Gasteiger partial charge is 0.253 e. The van der Waals surface area contributed by atoms with Gasteiger partial charge in [0.1, 0.15) is 0 Å². The molecule has 2 aromatic carbocycles. The molecule has 0 bridgehead atoms. The molecular weight excluding hydrogens is 340 g/mol. The Hall–Kier alpha value is -1.49. The highest BCUT2D eigenvalue weighted by molar-refractivity contribution is 7.98. The molecule has 5 heteroatoms. The van der Waals surface area contributed by atoms with Gasteiger partial charge in [-0.25, -0.2) is 0 Å². The van der Waals surface area contributed by atoms with Crippen LogP contribution in [-0.4, -0.2) is 29.9 Å². The lowest BCUT2D eigenvalue weighted by Crippen LogP contribution is -2.45. The van der Waals surface area contributed by atoms with Gasteiger partial charge in [-0.15, -0.1) is 24.2 Å². The van der Waals surface area contributed by atoms with Crippen LogP contribution in [-0.2, 0) is 5.75 Å². The summed E-state index contributed by atoms with van der Waals surface area (Å²) in [6.07, 6.45) is 2.01. The van der Waals surface area contributed by atoms with Crippen molar-refractivity contribution in [2.45, 2.75) is 29.5 Å². The van der Waals surface area contributed by atoms with Crippen molar-refractivity contribution in [2.75, 3.05) is 13.1 Å². The number of nitrogens with zero attached hydrogens (tertiary/aromatic N) is 1. The largest absolute Gasteiger partial charge is 0.337 e. The summed E-state index contributed by atoms with van der Waals surface area (Å²) in [6.45, 7) is 1.49. The molecule has 2 N–H and O–H groups in total. The number of likely N-dealkylation sites (tertiary alicyclic amines) is 1. The third kappa shape index (κ3) is 5.00. The number of hydrogen-bond donors (Lipinski definition) is 1. The molecule has 1 unspecified atom stereocenters. The Balaban J connectivity index is 0.00000208. The predicted octanol–water partition coefficient (Wildman–Crippen LogP) is 3.96. The van der Waals surface area contributed by atoms with Crippen molar-refractivity contribution in [2.24, 2.45) is 5.73 Å². The van der Waals surface area contributed by atoms with Crippen LogP contribution in [0.4, 0.5) is 0 Å². The van der Waals surface area contributed by atoms with Gasteiger partial charge < -0.3 is 10.6 Å². The standard InChI is InChI=1S/C19H22N2OS.ClH/c20-17-5-4-12-21(13-17)19(22)16-10-8-15(9-11-16)14-23-18-6-2-1-3-7-18;/h1-3,6-11,17H,4-5,12-14,20H2;1H. The first-order valence-electron chi connectivity index (χ1n) is 8.04. The second-order valence-corrected chi connectivity index (χ2v) is 7.00. The van der Waals surface area contributed by atoms with Crippen molar-refractivity contribution < 1.29 is 4.79 Å². The summed E-state index contributed by atoms with van der Waals surface area (Å²) in [5.74, 6) is 1.01. The van der Waals surface area contributed by atoms with Crippen LogP contribution < -0.4 is 5.73 Å². The number of amides is 1. The van der Waals surface area contributed by atoms with E-state index in [1.165, 1.54) is 10.5 Å². The van der Waals surface area contributed by atoms with Gasteiger partial charge in [-0.1, -0.05) is 30.3 Å². The molecule has 1 saturated heterocycles. The lowest BCUT2D eigenvalue weighted by molar-refractivity contribution is 0.0709. The zero-order valence-electron chi connectivity index (χ0n) is 13.6. The van der Waals surface area contributed by atoms with Crippen molar-refractivity contribution in [1.82, 2.24) is 4.90 Å². The fourth-order valence-electron chi connectivity index (χ4n) is 2.80. The van der Waals surface area contributed by atoms with Gasteiger partial charge in [0.15, 0.2) is 0 Å². The lowest BCUT2D eigenvalue weighted by Gasteiger charge is -2.30. The molecule has 0 spiro atoms. The van der Waals surface area contributed by atoms with Crippen LogP contribution in [0.25, 0.3) is 0 Å². The molecule has 1 aliphatic heterocycles. The van der Waals surface area contributed by atoms with Crippen molar-refractivity contribution in [1.29, 1.82) is 0 Å². The average Bonchev–Trinajstić information content (AvgIpc) is 2.61. The van der Waals surface area contributed by atoms with Gasteiger partial charge in [0.25, 0.3) is 5.91 Å². The maximum atomic E-state index is 12.5. The normalized spacial score (nSPS) is 17.2. The average molecular weight is 363 g/mol. The number of carbonyl (C=O) groups is 1. The summed E-state index contributed by atoms with van der Waals surface area (Å²) in [6, 6.07) is 18.4. The minimum absolute atomic E-state index is 0. The van der Waals surface area contributed by atoms with Crippen LogP contribution in [0.3, 0.4) is 0 Å². The fraction of sp³-hybridized carbons (Fsp3) is 0.316.